The number of nitro groups is 2. The van der Waals surface area contributed by atoms with Gasteiger partial charge in [-0.25, -0.2) is 0 Å². The summed E-state index contributed by atoms with van der Waals surface area (Å²) in [6.07, 6.45) is 5.28. The third-order valence-corrected chi connectivity index (χ3v) is 3.29. The smallest absolute Gasteiger partial charge is 0.258 e. The Kier molecular flexibility index (Phi) is 6.09. The minimum atomic E-state index is -0.639. The maximum absolute atomic E-state index is 10.8. The van der Waals surface area contributed by atoms with Crippen LogP contribution in [-0.2, 0) is 0 Å². The molecule has 1 rings (SSSR count). The molecule has 1 atom stereocenters. The minimum absolute atomic E-state index is 0.0328. The number of hydrogen-bond donors (Lipinski definition) is 0. The Balaban J connectivity index is 2.87. The van der Waals surface area contributed by atoms with Crippen LogP contribution in [0.4, 0.5) is 11.4 Å². The molecule has 0 aliphatic carbocycles. The van der Waals surface area contributed by atoms with Gasteiger partial charge in [0.15, 0.2) is 0 Å². The summed E-state index contributed by atoms with van der Waals surface area (Å²) in [6, 6.07) is 5.01. The zero-order valence-electron chi connectivity index (χ0n) is 11.8. The van der Waals surface area contributed by atoms with Crippen LogP contribution in [0.2, 0.25) is 0 Å². The first kappa shape index (κ1) is 16.1. The van der Waals surface area contributed by atoms with Gasteiger partial charge in [0.25, 0.3) is 11.4 Å². The van der Waals surface area contributed by atoms with Crippen LogP contribution in [0.5, 0.6) is 0 Å². The molecule has 1 radical (unpaired) electrons. The molecule has 6 heteroatoms. The van der Waals surface area contributed by atoms with Crippen LogP contribution < -0.4 is 0 Å². The number of nitrogens with zero attached hydrogens (tertiary/aromatic N) is 2. The molecule has 0 spiro atoms. The van der Waals surface area contributed by atoms with Gasteiger partial charge in [-0.2, -0.15) is 0 Å². The summed E-state index contributed by atoms with van der Waals surface area (Å²) in [5.74, 6) is 0.0328. The molecule has 0 bridgehead atoms. The Morgan fingerprint density at radius 2 is 1.85 bits per heavy atom. The number of nitro benzene ring substituents is 2. The minimum Gasteiger partial charge on any atom is -0.258 e. The van der Waals surface area contributed by atoms with Crippen molar-refractivity contribution in [3.8, 4) is 0 Å². The van der Waals surface area contributed by atoms with E-state index in [0.29, 0.717) is 5.56 Å². The Morgan fingerprint density at radius 3 is 2.40 bits per heavy atom. The van der Waals surface area contributed by atoms with Crippen LogP contribution in [0.25, 0.3) is 0 Å². The first-order valence-corrected chi connectivity index (χ1v) is 6.81. The van der Waals surface area contributed by atoms with Gasteiger partial charge in [-0.1, -0.05) is 39.5 Å². The van der Waals surface area contributed by atoms with Crippen LogP contribution in [0, 0.1) is 26.3 Å². The van der Waals surface area contributed by atoms with E-state index >= 15 is 0 Å². The zero-order valence-corrected chi connectivity index (χ0v) is 11.8. The lowest BCUT2D eigenvalue weighted by molar-refractivity contribution is -0.394. The summed E-state index contributed by atoms with van der Waals surface area (Å²) in [6.45, 7) is 4.05. The largest absolute Gasteiger partial charge is 0.284 e. The monoisotopic (exact) mass is 279 g/mol. The van der Waals surface area contributed by atoms with Crippen molar-refractivity contribution in [2.45, 2.75) is 51.9 Å². The lowest BCUT2D eigenvalue weighted by Crippen LogP contribution is -1.99. The van der Waals surface area contributed by atoms with Gasteiger partial charge < -0.3 is 0 Å². The van der Waals surface area contributed by atoms with Crippen molar-refractivity contribution in [2.75, 3.05) is 0 Å². The third kappa shape index (κ3) is 4.60. The van der Waals surface area contributed by atoms with Crippen molar-refractivity contribution in [1.82, 2.24) is 0 Å². The van der Waals surface area contributed by atoms with E-state index in [4.69, 9.17) is 0 Å². The average Bonchev–Trinajstić information content (AvgIpc) is 2.42. The topological polar surface area (TPSA) is 86.3 Å². The fraction of sp³-hybridized carbons (Fsp3) is 0.571. The SMILES string of the molecule is CCCCCCC(C)c1[c]c([N+](=O)[O-])cc([N+](=O)[O-])c1. The zero-order chi connectivity index (χ0) is 15.1. The molecular formula is C14H19N2O4. The van der Waals surface area contributed by atoms with Crippen molar-refractivity contribution in [3.05, 3.63) is 44.0 Å². The molecule has 0 aliphatic heterocycles. The molecule has 1 unspecified atom stereocenters. The number of rotatable bonds is 8. The van der Waals surface area contributed by atoms with E-state index in [0.717, 1.165) is 38.2 Å². The predicted octanol–water partition coefficient (Wildman–Crippen LogP) is 4.38. The van der Waals surface area contributed by atoms with Crippen LogP contribution in [0.15, 0.2) is 12.1 Å². The van der Waals surface area contributed by atoms with Crippen molar-refractivity contribution >= 4 is 11.4 Å². The first-order chi connectivity index (χ1) is 9.45. The molecule has 6 nitrogen and oxygen atoms in total. The Bertz CT molecular complexity index is 456. The molecule has 1 aromatic rings. The Morgan fingerprint density at radius 1 is 1.15 bits per heavy atom. The molecule has 1 aromatic carbocycles. The highest BCUT2D eigenvalue weighted by Crippen LogP contribution is 2.29. The highest BCUT2D eigenvalue weighted by molar-refractivity contribution is 5.46. The lowest BCUT2D eigenvalue weighted by atomic mass is 9.94. The molecule has 0 N–H and O–H groups in total. The summed E-state index contributed by atoms with van der Waals surface area (Å²) >= 11 is 0. The van der Waals surface area contributed by atoms with Crippen molar-refractivity contribution < 1.29 is 9.85 Å². The molecule has 0 fully saturated rings. The number of unbranched alkanes of at least 4 members (excludes halogenated alkanes) is 3. The van der Waals surface area contributed by atoms with Crippen LogP contribution in [0.1, 0.15) is 57.4 Å². The van der Waals surface area contributed by atoms with Gasteiger partial charge in [-0.05, 0) is 17.9 Å². The maximum atomic E-state index is 10.8. The highest BCUT2D eigenvalue weighted by Gasteiger charge is 2.19. The summed E-state index contributed by atoms with van der Waals surface area (Å²) < 4.78 is 0. The van der Waals surface area contributed by atoms with Crippen molar-refractivity contribution in [2.24, 2.45) is 0 Å². The van der Waals surface area contributed by atoms with E-state index in [2.05, 4.69) is 13.0 Å². The molecule has 109 valence electrons. The quantitative estimate of drug-likeness (QED) is 0.401. The second-order valence-corrected chi connectivity index (χ2v) is 4.94. The second kappa shape index (κ2) is 7.57. The molecule has 0 saturated carbocycles. The first-order valence-electron chi connectivity index (χ1n) is 6.81. The van der Waals surface area contributed by atoms with Gasteiger partial charge in [-0.15, -0.1) is 0 Å². The molecule has 0 aliphatic rings. The molecular weight excluding hydrogens is 260 g/mol. The predicted molar refractivity (Wildman–Crippen MR) is 75.8 cm³/mol. The van der Waals surface area contributed by atoms with E-state index in [9.17, 15) is 20.2 Å². The standard InChI is InChI=1S/C14H19N2O4/c1-3-4-5-6-7-11(2)12-8-13(15(17)18)10-14(9-12)16(19)20/h8,10-11H,3-7H2,1-2H3. The van der Waals surface area contributed by atoms with Gasteiger partial charge >= 0.3 is 0 Å². The number of benzene rings is 1. The molecule has 0 amide bonds. The third-order valence-electron chi connectivity index (χ3n) is 3.29. The lowest BCUT2D eigenvalue weighted by Gasteiger charge is -2.11. The van der Waals surface area contributed by atoms with Crippen molar-refractivity contribution in [1.29, 1.82) is 0 Å². The highest BCUT2D eigenvalue weighted by atomic mass is 16.6. The molecule has 20 heavy (non-hydrogen) atoms. The average molecular weight is 279 g/mol. The Labute approximate surface area is 118 Å². The van der Waals surface area contributed by atoms with Crippen molar-refractivity contribution in [3.63, 3.8) is 0 Å². The molecule has 0 aromatic heterocycles. The molecule has 0 heterocycles. The van der Waals surface area contributed by atoms with Crippen LogP contribution >= 0.6 is 0 Å². The van der Waals surface area contributed by atoms with Crippen LogP contribution in [0.3, 0.4) is 0 Å². The summed E-state index contributed by atoms with van der Waals surface area (Å²) in [7, 11) is 0. The summed E-state index contributed by atoms with van der Waals surface area (Å²) in [5.41, 5.74) is -0.0390. The van der Waals surface area contributed by atoms with Gasteiger partial charge in [0.05, 0.1) is 22.0 Å². The van der Waals surface area contributed by atoms with Gasteiger partial charge in [-0.3, -0.25) is 20.2 Å². The number of hydrogen-bond acceptors (Lipinski definition) is 4. The van der Waals surface area contributed by atoms with E-state index in [1.165, 1.54) is 6.07 Å². The van der Waals surface area contributed by atoms with Gasteiger partial charge in [0.2, 0.25) is 0 Å². The summed E-state index contributed by atoms with van der Waals surface area (Å²) in [5, 5.41) is 21.6. The van der Waals surface area contributed by atoms with Crippen LogP contribution in [-0.4, -0.2) is 9.85 Å². The van der Waals surface area contributed by atoms with E-state index < -0.39 is 9.85 Å². The second-order valence-electron chi connectivity index (χ2n) is 4.94. The normalized spacial score (nSPS) is 12.1. The van der Waals surface area contributed by atoms with Gasteiger partial charge in [0, 0.05) is 6.07 Å². The van der Waals surface area contributed by atoms with E-state index in [-0.39, 0.29) is 17.3 Å². The Hall–Kier alpha value is -1.98. The molecule has 0 saturated heterocycles. The van der Waals surface area contributed by atoms with Gasteiger partial charge in [0.1, 0.15) is 0 Å². The van der Waals surface area contributed by atoms with E-state index in [1.807, 2.05) is 6.92 Å². The number of non-ortho nitro benzene ring substituents is 2. The summed E-state index contributed by atoms with van der Waals surface area (Å²) in [4.78, 5) is 20.4. The van der Waals surface area contributed by atoms with E-state index in [1.54, 1.807) is 0 Å². The maximum Gasteiger partial charge on any atom is 0.284 e. The fourth-order valence-electron chi connectivity index (χ4n) is 2.06. The fourth-order valence-corrected chi connectivity index (χ4v) is 2.06.